The molecule has 0 aliphatic heterocycles. The Morgan fingerprint density at radius 3 is 1.67 bits per heavy atom. The molecular formula is C52H31N5. The summed E-state index contributed by atoms with van der Waals surface area (Å²) in [6.07, 6.45) is 0. The molecule has 0 N–H and O–H groups in total. The van der Waals surface area contributed by atoms with Crippen LogP contribution in [0.25, 0.3) is 89.1 Å². The van der Waals surface area contributed by atoms with Crippen LogP contribution in [-0.2, 0) is 5.41 Å². The van der Waals surface area contributed by atoms with Gasteiger partial charge in [0.05, 0.1) is 33.3 Å². The van der Waals surface area contributed by atoms with Crippen LogP contribution < -0.4 is 0 Å². The maximum Gasteiger partial charge on any atom is 0.253 e. The van der Waals surface area contributed by atoms with E-state index in [1.807, 2.05) is 28.8 Å². The third-order valence-corrected chi connectivity index (χ3v) is 12.4. The van der Waals surface area contributed by atoms with Crippen LogP contribution in [0.3, 0.4) is 0 Å². The number of rotatable bonds is 3. The Bertz CT molecular complexity index is 3440. The average molecular weight is 726 g/mol. The van der Waals surface area contributed by atoms with Gasteiger partial charge in [0.2, 0.25) is 0 Å². The minimum Gasteiger partial charge on any atom is -0.308 e. The highest BCUT2D eigenvalue weighted by Gasteiger charge is 2.51. The number of nitrogens with zero attached hydrogens (tertiary/aromatic N) is 5. The molecular weight excluding hydrogens is 695 g/mol. The second-order valence-electron chi connectivity index (χ2n) is 15.2. The Morgan fingerprint density at radius 1 is 0.386 bits per heavy atom. The summed E-state index contributed by atoms with van der Waals surface area (Å²) in [6, 6.07) is 67.9. The molecule has 1 spiro atoms. The van der Waals surface area contributed by atoms with Gasteiger partial charge >= 0.3 is 0 Å². The first-order valence-corrected chi connectivity index (χ1v) is 19.5. The SMILES string of the molecule is c1ccc(-c2nc3nc(-c4ccccc4-n4c5ccccc5c5cc6c(cc54)-c4ccccc4C64c5ccccc5-c5ccccc54)nn3c3ccccc23)cc1. The van der Waals surface area contributed by atoms with Crippen molar-refractivity contribution < 1.29 is 0 Å². The Hall–Kier alpha value is -7.63. The quantitative estimate of drug-likeness (QED) is 0.182. The van der Waals surface area contributed by atoms with E-state index >= 15 is 0 Å². The lowest BCUT2D eigenvalue weighted by Crippen LogP contribution is -2.25. The van der Waals surface area contributed by atoms with E-state index in [0.29, 0.717) is 11.6 Å². The molecule has 3 heterocycles. The summed E-state index contributed by atoms with van der Waals surface area (Å²) >= 11 is 0. The van der Waals surface area contributed by atoms with Gasteiger partial charge in [0.15, 0.2) is 5.82 Å². The van der Waals surface area contributed by atoms with Crippen LogP contribution in [-0.4, -0.2) is 24.1 Å². The first kappa shape index (κ1) is 30.7. The Balaban J connectivity index is 1.09. The number of benzene rings is 8. The van der Waals surface area contributed by atoms with Crippen LogP contribution in [0.5, 0.6) is 0 Å². The van der Waals surface area contributed by atoms with E-state index in [2.05, 4.69) is 168 Å². The van der Waals surface area contributed by atoms with E-state index in [0.717, 1.165) is 44.4 Å². The maximum atomic E-state index is 5.18. The average Bonchev–Trinajstić information content (AvgIpc) is 4.01. The second-order valence-corrected chi connectivity index (χ2v) is 15.2. The van der Waals surface area contributed by atoms with Crippen LogP contribution in [0.1, 0.15) is 22.3 Å². The summed E-state index contributed by atoms with van der Waals surface area (Å²) in [6.45, 7) is 0. The molecule has 2 aliphatic rings. The molecule has 2 aliphatic carbocycles. The summed E-state index contributed by atoms with van der Waals surface area (Å²) in [7, 11) is 0. The van der Waals surface area contributed by atoms with Crippen LogP contribution in [0.4, 0.5) is 0 Å². The molecule has 0 radical (unpaired) electrons. The summed E-state index contributed by atoms with van der Waals surface area (Å²) in [5.41, 5.74) is 17.3. The number of hydrogen-bond acceptors (Lipinski definition) is 3. The number of aromatic nitrogens is 5. The van der Waals surface area contributed by atoms with Crippen molar-refractivity contribution in [2.45, 2.75) is 5.41 Å². The van der Waals surface area contributed by atoms with E-state index in [4.69, 9.17) is 15.1 Å². The second kappa shape index (κ2) is 11.2. The lowest BCUT2D eigenvalue weighted by atomic mass is 9.70. The molecule has 3 aromatic heterocycles. The lowest BCUT2D eigenvalue weighted by Gasteiger charge is -2.30. The Labute approximate surface area is 327 Å². The van der Waals surface area contributed by atoms with E-state index in [1.165, 1.54) is 55.3 Å². The van der Waals surface area contributed by atoms with Crippen molar-refractivity contribution in [2.24, 2.45) is 0 Å². The molecule has 0 atom stereocenters. The fourth-order valence-corrected chi connectivity index (χ4v) is 10.2. The van der Waals surface area contributed by atoms with Crippen LogP contribution >= 0.6 is 0 Å². The van der Waals surface area contributed by atoms with Crippen LogP contribution in [0.15, 0.2) is 188 Å². The van der Waals surface area contributed by atoms with Gasteiger partial charge in [-0.2, -0.15) is 9.50 Å². The van der Waals surface area contributed by atoms with Crippen molar-refractivity contribution in [2.75, 3.05) is 0 Å². The van der Waals surface area contributed by atoms with Gasteiger partial charge in [-0.3, -0.25) is 0 Å². The van der Waals surface area contributed by atoms with Crippen LogP contribution in [0.2, 0.25) is 0 Å². The summed E-state index contributed by atoms with van der Waals surface area (Å²) < 4.78 is 4.30. The molecule has 11 aromatic rings. The van der Waals surface area contributed by atoms with Gasteiger partial charge in [-0.25, -0.2) is 4.98 Å². The van der Waals surface area contributed by atoms with Gasteiger partial charge in [0, 0.05) is 27.3 Å². The first-order valence-electron chi connectivity index (χ1n) is 19.5. The Kier molecular flexibility index (Phi) is 6.04. The van der Waals surface area contributed by atoms with Gasteiger partial charge < -0.3 is 4.57 Å². The predicted molar refractivity (Wildman–Crippen MR) is 230 cm³/mol. The molecule has 5 nitrogen and oxygen atoms in total. The monoisotopic (exact) mass is 725 g/mol. The van der Waals surface area contributed by atoms with Gasteiger partial charge in [-0.1, -0.05) is 152 Å². The number of fused-ring (bicyclic) bond motifs is 16. The Morgan fingerprint density at radius 2 is 0.947 bits per heavy atom. The van der Waals surface area contributed by atoms with E-state index in [1.54, 1.807) is 0 Å². The van der Waals surface area contributed by atoms with E-state index in [-0.39, 0.29) is 0 Å². The zero-order valence-corrected chi connectivity index (χ0v) is 30.6. The smallest absolute Gasteiger partial charge is 0.253 e. The molecule has 57 heavy (non-hydrogen) atoms. The predicted octanol–water partition coefficient (Wildman–Crippen LogP) is 12.1. The number of para-hydroxylation sites is 3. The van der Waals surface area contributed by atoms with E-state index in [9.17, 15) is 0 Å². The molecule has 0 unspecified atom stereocenters. The van der Waals surface area contributed by atoms with Crippen molar-refractivity contribution in [1.29, 1.82) is 0 Å². The normalized spacial score (nSPS) is 13.4. The first-order chi connectivity index (χ1) is 28.3. The standard InChI is InChI=1S/C52H31N5/c1-2-16-32(17-3-1)49-37-22-8-15-29-47(37)57-51(53-49)54-50(55-57)38-23-9-14-28-46(38)56-45-27-13-7-21-36(45)40-30-44-39(31-48(40)56)35-20-6-12-26-43(35)52(44)41-24-10-4-18-33(41)34-19-5-11-25-42(34)52/h1-31H. The van der Waals surface area contributed by atoms with Gasteiger partial charge in [-0.05, 0) is 80.9 Å². The molecule has 8 aromatic carbocycles. The van der Waals surface area contributed by atoms with Gasteiger partial charge in [-0.15, -0.1) is 5.10 Å². The van der Waals surface area contributed by atoms with Crippen molar-refractivity contribution in [1.82, 2.24) is 24.1 Å². The highest BCUT2D eigenvalue weighted by Crippen LogP contribution is 2.63. The zero-order valence-electron chi connectivity index (χ0n) is 30.6. The highest BCUT2D eigenvalue weighted by molar-refractivity contribution is 6.12. The van der Waals surface area contributed by atoms with Crippen molar-refractivity contribution in [3.05, 3.63) is 210 Å². The van der Waals surface area contributed by atoms with Crippen molar-refractivity contribution in [3.63, 3.8) is 0 Å². The molecule has 0 fully saturated rings. The van der Waals surface area contributed by atoms with Gasteiger partial charge in [0.1, 0.15) is 0 Å². The summed E-state index contributed by atoms with van der Waals surface area (Å²) in [5, 5.41) is 8.64. The zero-order chi connectivity index (χ0) is 37.2. The molecule has 0 amide bonds. The summed E-state index contributed by atoms with van der Waals surface area (Å²) in [4.78, 5) is 10.3. The minimum atomic E-state index is -0.413. The fourth-order valence-electron chi connectivity index (χ4n) is 10.2. The lowest BCUT2D eigenvalue weighted by molar-refractivity contribution is 0.795. The maximum absolute atomic E-state index is 5.18. The molecule has 13 rings (SSSR count). The van der Waals surface area contributed by atoms with Crippen molar-refractivity contribution >= 4 is 38.5 Å². The molecule has 0 saturated heterocycles. The van der Waals surface area contributed by atoms with E-state index < -0.39 is 5.41 Å². The molecule has 264 valence electrons. The molecule has 0 saturated carbocycles. The van der Waals surface area contributed by atoms with Crippen molar-refractivity contribution in [3.8, 4) is 50.6 Å². The fraction of sp³-hybridized carbons (Fsp3) is 0.0192. The highest BCUT2D eigenvalue weighted by atomic mass is 15.3. The van der Waals surface area contributed by atoms with Crippen LogP contribution in [0, 0.1) is 0 Å². The minimum absolute atomic E-state index is 0.413. The topological polar surface area (TPSA) is 48.0 Å². The summed E-state index contributed by atoms with van der Waals surface area (Å²) in [5.74, 6) is 1.19. The molecule has 0 bridgehead atoms. The largest absolute Gasteiger partial charge is 0.308 e. The third-order valence-electron chi connectivity index (χ3n) is 12.4. The van der Waals surface area contributed by atoms with Gasteiger partial charge in [0.25, 0.3) is 5.78 Å². The molecule has 5 heteroatoms. The third kappa shape index (κ3) is 3.94. The number of hydrogen-bond donors (Lipinski definition) is 0.